The first kappa shape index (κ1) is 43.2. The van der Waals surface area contributed by atoms with E-state index in [9.17, 15) is 40.8 Å². The number of aromatic nitrogens is 1. The summed E-state index contributed by atoms with van der Waals surface area (Å²) in [4.78, 5) is 60.8. The number of benzene rings is 1. The van der Waals surface area contributed by atoms with E-state index in [1.807, 2.05) is 31.2 Å². The number of hydrogen-bond donors (Lipinski definition) is 3. The minimum atomic E-state index is -4.88. The molecule has 3 N–H and O–H groups in total. The molecular formula is C41H54F3N5O8S. The van der Waals surface area contributed by atoms with Gasteiger partial charge in [0, 0.05) is 23.3 Å². The van der Waals surface area contributed by atoms with Crippen molar-refractivity contribution in [1.82, 2.24) is 25.2 Å². The Labute approximate surface area is 337 Å². The molecule has 4 atom stereocenters. The summed E-state index contributed by atoms with van der Waals surface area (Å²) < 4.78 is 79.1. The molecule has 2 aliphatic heterocycles. The number of rotatable bonds is 14. The van der Waals surface area contributed by atoms with Crippen molar-refractivity contribution in [3.8, 4) is 5.75 Å². The molecule has 13 nitrogen and oxygen atoms in total. The molecule has 2 aromatic rings. The minimum Gasteiger partial charge on any atom is -0.483 e. The summed E-state index contributed by atoms with van der Waals surface area (Å²) >= 11 is 0. The number of unbranched alkanes of at least 4 members (excludes halogenated alkanes) is 3. The largest absolute Gasteiger partial charge is 0.483 e. The number of alkyl carbamates (subject to hydrolysis) is 1. The molecule has 1 spiro atoms. The number of nitrogens with zero attached hydrogens (tertiary/aromatic N) is 2. The third-order valence-corrected chi connectivity index (χ3v) is 14.4. The lowest BCUT2D eigenvalue weighted by Crippen LogP contribution is -2.57. The predicted molar refractivity (Wildman–Crippen MR) is 209 cm³/mol. The fraction of sp³-hybridized carbons (Fsp3) is 0.634. The number of hydrogen-bond acceptors (Lipinski definition) is 9. The zero-order chi connectivity index (χ0) is 42.5. The van der Waals surface area contributed by atoms with Crippen LogP contribution < -0.4 is 20.1 Å². The summed E-state index contributed by atoms with van der Waals surface area (Å²) in [5.74, 6) is -2.42. The summed E-state index contributed by atoms with van der Waals surface area (Å²) in [6.07, 6.45) is 3.60. The highest BCUT2D eigenvalue weighted by Crippen LogP contribution is 2.49. The Morgan fingerprint density at radius 2 is 1.81 bits per heavy atom. The molecule has 0 radical (unpaired) electrons. The molecule has 2 aliphatic carbocycles. The lowest BCUT2D eigenvalue weighted by atomic mass is 9.87. The van der Waals surface area contributed by atoms with Gasteiger partial charge in [-0.15, -0.1) is 0 Å². The third-order valence-electron chi connectivity index (χ3n) is 12.2. The standard InChI is InChI=1S/C41H54F3N5O8S/c1-7-9-10-11-12-13-27-21-40(27,35(52)48-58(54,55)38(6)18-19-38)47-34(51)31-22-39(24-49(31)32(50)23-45-36(53)57-37(4,5)41(42,43)44)17-16-28-29-20-26(8-2)14-15-30(29)46-25(3)33(28)56-39/h12-15,20,27,31H,7-11,16-19,21-24H2,1-6H3,(H,45,53)(H,47,51)(H,48,52). The average molecular weight is 834 g/mol. The molecule has 17 heteroatoms. The first-order valence-corrected chi connectivity index (χ1v) is 21.6. The molecule has 3 heterocycles. The number of allylic oxidation sites excluding steroid dienone is 1. The third kappa shape index (κ3) is 8.51. The molecule has 4 amide bonds. The zero-order valence-electron chi connectivity index (χ0n) is 33.9. The molecule has 0 bridgehead atoms. The van der Waals surface area contributed by atoms with E-state index >= 15 is 0 Å². The number of aryl methyl sites for hydroxylation is 3. The second-order valence-corrected chi connectivity index (χ2v) is 19.3. The Morgan fingerprint density at radius 3 is 2.47 bits per heavy atom. The molecule has 1 aromatic heterocycles. The van der Waals surface area contributed by atoms with Gasteiger partial charge in [0.2, 0.25) is 27.4 Å². The van der Waals surface area contributed by atoms with Crippen molar-refractivity contribution in [3.05, 3.63) is 47.2 Å². The number of likely N-dealkylation sites (tertiary alicyclic amines) is 1. The van der Waals surface area contributed by atoms with Crippen LogP contribution in [0.15, 0.2) is 30.4 Å². The summed E-state index contributed by atoms with van der Waals surface area (Å²) in [7, 11) is -4.06. The van der Waals surface area contributed by atoms with Crippen molar-refractivity contribution in [2.75, 3.05) is 13.1 Å². The fourth-order valence-corrected chi connectivity index (χ4v) is 9.14. The van der Waals surface area contributed by atoms with Gasteiger partial charge in [0.15, 0.2) is 0 Å². The Hall–Kier alpha value is -4.41. The van der Waals surface area contributed by atoms with Gasteiger partial charge in [-0.3, -0.25) is 19.1 Å². The van der Waals surface area contributed by atoms with Crippen LogP contribution in [0.2, 0.25) is 0 Å². The Balaban J connectivity index is 1.28. The summed E-state index contributed by atoms with van der Waals surface area (Å²) in [5, 5.41) is 5.85. The number of ether oxygens (including phenoxy) is 2. The highest BCUT2D eigenvalue weighted by molar-refractivity contribution is 7.91. The number of amides is 4. The van der Waals surface area contributed by atoms with E-state index in [2.05, 4.69) is 40.0 Å². The second-order valence-electron chi connectivity index (χ2n) is 17.1. The van der Waals surface area contributed by atoms with Gasteiger partial charge < -0.3 is 25.0 Å². The van der Waals surface area contributed by atoms with Crippen LogP contribution in [-0.4, -0.2) is 88.9 Å². The molecule has 3 fully saturated rings. The normalized spacial score (nSPS) is 24.9. The highest BCUT2D eigenvalue weighted by Gasteiger charge is 2.64. The van der Waals surface area contributed by atoms with Crippen LogP contribution in [0.5, 0.6) is 5.75 Å². The van der Waals surface area contributed by atoms with Crippen LogP contribution in [0.1, 0.15) is 109 Å². The Bertz CT molecular complexity index is 2120. The van der Waals surface area contributed by atoms with Gasteiger partial charge in [0.05, 0.1) is 22.5 Å². The molecule has 318 valence electrons. The summed E-state index contributed by atoms with van der Waals surface area (Å²) in [5.41, 5.74) is -2.11. The van der Waals surface area contributed by atoms with Crippen LogP contribution >= 0.6 is 0 Å². The number of alkyl halides is 3. The maximum atomic E-state index is 14.5. The van der Waals surface area contributed by atoms with Crippen molar-refractivity contribution in [2.45, 2.75) is 146 Å². The smallest absolute Gasteiger partial charge is 0.427 e. The first-order chi connectivity index (χ1) is 27.1. The van der Waals surface area contributed by atoms with E-state index in [0.717, 1.165) is 54.1 Å². The number of fused-ring (bicyclic) bond motifs is 3. The van der Waals surface area contributed by atoms with Gasteiger partial charge in [-0.2, -0.15) is 13.2 Å². The van der Waals surface area contributed by atoms with Crippen LogP contribution in [0.25, 0.3) is 10.9 Å². The minimum absolute atomic E-state index is 0.0341. The average Bonchev–Trinajstić information content (AvgIpc) is 4.04. The molecule has 4 unspecified atom stereocenters. The van der Waals surface area contributed by atoms with Gasteiger partial charge >= 0.3 is 12.3 Å². The zero-order valence-corrected chi connectivity index (χ0v) is 34.8. The van der Waals surface area contributed by atoms with Crippen LogP contribution in [0.3, 0.4) is 0 Å². The molecule has 58 heavy (non-hydrogen) atoms. The van der Waals surface area contributed by atoms with Gasteiger partial charge in [0.25, 0.3) is 5.91 Å². The first-order valence-electron chi connectivity index (χ1n) is 20.1. The van der Waals surface area contributed by atoms with Crippen LogP contribution in [0.4, 0.5) is 18.0 Å². The molecular weight excluding hydrogens is 780 g/mol. The summed E-state index contributed by atoms with van der Waals surface area (Å²) in [6.45, 7) is 7.90. The topological polar surface area (TPSA) is 173 Å². The number of carbonyl (C=O) groups excluding carboxylic acids is 4. The maximum Gasteiger partial charge on any atom is 0.427 e. The quantitative estimate of drug-likeness (QED) is 0.156. The molecule has 4 aliphatic rings. The van der Waals surface area contributed by atoms with E-state index < -0.39 is 80.0 Å². The van der Waals surface area contributed by atoms with E-state index in [-0.39, 0.29) is 19.4 Å². The number of nitrogens with one attached hydrogen (secondary N) is 3. The number of pyridine rings is 1. The van der Waals surface area contributed by atoms with E-state index in [4.69, 9.17) is 9.72 Å². The number of sulfonamides is 1. The monoisotopic (exact) mass is 833 g/mol. The van der Waals surface area contributed by atoms with Crippen molar-refractivity contribution in [2.24, 2.45) is 5.92 Å². The van der Waals surface area contributed by atoms with Gasteiger partial charge in [-0.25, -0.2) is 18.2 Å². The van der Waals surface area contributed by atoms with Crippen molar-refractivity contribution < 1.29 is 50.2 Å². The molecule has 2 saturated carbocycles. The van der Waals surface area contributed by atoms with Crippen molar-refractivity contribution in [3.63, 3.8) is 0 Å². The molecule has 6 rings (SSSR count). The summed E-state index contributed by atoms with van der Waals surface area (Å²) in [6, 6.07) is 4.79. The Kier molecular flexibility index (Phi) is 11.6. The van der Waals surface area contributed by atoms with E-state index in [0.29, 0.717) is 51.0 Å². The van der Waals surface area contributed by atoms with Crippen molar-refractivity contribution >= 4 is 44.7 Å². The number of carbonyl (C=O) groups is 4. The van der Waals surface area contributed by atoms with Gasteiger partial charge in [0.1, 0.15) is 29.5 Å². The van der Waals surface area contributed by atoms with Gasteiger partial charge in [-0.1, -0.05) is 44.9 Å². The highest BCUT2D eigenvalue weighted by atomic mass is 32.2. The Morgan fingerprint density at radius 1 is 1.09 bits per heavy atom. The SMILES string of the molecule is CCCCCC=CC1CC1(NC(=O)C1CC2(CCc3c(c(C)nc4ccc(CC)cc34)O2)CN1C(=O)CNC(=O)OC(C)(C)C(F)(F)F)C(=O)NS(=O)(=O)C1(C)CC1. The van der Waals surface area contributed by atoms with Crippen LogP contribution in [-0.2, 0) is 42.0 Å². The van der Waals surface area contributed by atoms with Crippen molar-refractivity contribution in [1.29, 1.82) is 0 Å². The lowest BCUT2D eigenvalue weighted by molar-refractivity contribution is -0.243. The van der Waals surface area contributed by atoms with E-state index in [1.54, 1.807) is 6.92 Å². The predicted octanol–water partition coefficient (Wildman–Crippen LogP) is 5.85. The maximum absolute atomic E-state index is 14.5. The fourth-order valence-electron chi connectivity index (χ4n) is 7.83. The second kappa shape index (κ2) is 15.6. The molecule has 1 aromatic carbocycles. The van der Waals surface area contributed by atoms with Crippen LogP contribution in [0, 0.1) is 12.8 Å². The molecule has 1 saturated heterocycles. The van der Waals surface area contributed by atoms with E-state index in [1.165, 1.54) is 4.90 Å². The van der Waals surface area contributed by atoms with Gasteiger partial charge in [-0.05, 0) is 96.8 Å². The number of halogens is 3. The lowest BCUT2D eigenvalue weighted by Gasteiger charge is -2.36.